The van der Waals surface area contributed by atoms with E-state index in [1.54, 1.807) is 0 Å². The maximum Gasteiger partial charge on any atom is 0.330 e. The lowest BCUT2D eigenvalue weighted by Crippen LogP contribution is -2.31. The van der Waals surface area contributed by atoms with Gasteiger partial charge in [-0.1, -0.05) is 0 Å². The molecule has 1 saturated heterocycles. The first-order valence-electron chi connectivity index (χ1n) is 4.63. The highest BCUT2D eigenvalue weighted by Crippen LogP contribution is 2.25. The molecule has 2 atom stereocenters. The molecule has 1 aliphatic rings. The monoisotopic (exact) mass is 210 g/mol. The maximum atomic E-state index is 11.4. The van der Waals surface area contributed by atoms with E-state index in [1.165, 1.54) is 16.8 Å². The molecule has 6 heteroatoms. The summed E-state index contributed by atoms with van der Waals surface area (Å²) in [7, 11) is 0. The van der Waals surface area contributed by atoms with Gasteiger partial charge in [-0.3, -0.25) is 14.3 Å². The fraction of sp³-hybridized carbons (Fsp3) is 0.444. The fourth-order valence-electron chi connectivity index (χ4n) is 1.60. The number of ether oxygens (including phenoxy) is 1. The number of nitrogens with one attached hydrogen (secondary N) is 1. The molecule has 0 amide bonds. The van der Waals surface area contributed by atoms with Gasteiger partial charge in [-0.05, 0) is 12.8 Å². The van der Waals surface area contributed by atoms with Crippen molar-refractivity contribution in [2.75, 3.05) is 0 Å². The predicted molar refractivity (Wildman–Crippen MR) is 50.5 cm³/mol. The van der Waals surface area contributed by atoms with Crippen LogP contribution in [0.3, 0.4) is 0 Å². The van der Waals surface area contributed by atoms with Gasteiger partial charge in [0, 0.05) is 12.3 Å². The third-order valence-electron chi connectivity index (χ3n) is 2.34. The Labute approximate surface area is 84.5 Å². The molecule has 1 fully saturated rings. The van der Waals surface area contributed by atoms with Crippen LogP contribution >= 0.6 is 0 Å². The van der Waals surface area contributed by atoms with Crippen LogP contribution in [-0.4, -0.2) is 21.9 Å². The molecular weight excluding hydrogens is 200 g/mol. The molecule has 0 saturated carbocycles. The summed E-state index contributed by atoms with van der Waals surface area (Å²) >= 11 is 0. The lowest BCUT2D eigenvalue weighted by Gasteiger charge is -2.12. The highest BCUT2D eigenvalue weighted by Gasteiger charge is 2.26. The van der Waals surface area contributed by atoms with Crippen LogP contribution in [0.4, 0.5) is 0 Å². The second-order valence-electron chi connectivity index (χ2n) is 3.36. The fourth-order valence-corrected chi connectivity index (χ4v) is 1.60. The van der Waals surface area contributed by atoms with Crippen molar-refractivity contribution in [3.63, 3.8) is 0 Å². The Morgan fingerprint density at radius 2 is 2.27 bits per heavy atom. The smallest absolute Gasteiger partial charge is 0.330 e. The molecule has 0 bridgehead atoms. The Bertz CT molecular complexity index is 475. The second-order valence-corrected chi connectivity index (χ2v) is 3.36. The summed E-state index contributed by atoms with van der Waals surface area (Å²) < 4.78 is 6.57. The molecule has 1 aromatic heterocycles. The standard InChI is InChI=1S/C9H10N2O4/c12-5-6-1-2-8(15-6)11-4-3-7(13)10-9(11)14/h3-6,8H,1-2H2,(H,10,13,14)/t6-,8+/m0/s1. The van der Waals surface area contributed by atoms with Crippen molar-refractivity contribution >= 4 is 6.29 Å². The molecule has 0 aromatic carbocycles. The van der Waals surface area contributed by atoms with Crippen LogP contribution in [0.25, 0.3) is 0 Å². The van der Waals surface area contributed by atoms with Crippen LogP contribution in [0.1, 0.15) is 19.1 Å². The van der Waals surface area contributed by atoms with Crippen molar-refractivity contribution in [3.05, 3.63) is 33.1 Å². The van der Waals surface area contributed by atoms with E-state index in [0.717, 1.165) is 6.29 Å². The number of aldehydes is 1. The second kappa shape index (κ2) is 3.82. The van der Waals surface area contributed by atoms with Gasteiger partial charge in [-0.15, -0.1) is 0 Å². The number of hydrogen-bond acceptors (Lipinski definition) is 4. The maximum absolute atomic E-state index is 11.4. The minimum atomic E-state index is -0.515. The Morgan fingerprint density at radius 1 is 1.47 bits per heavy atom. The van der Waals surface area contributed by atoms with Gasteiger partial charge >= 0.3 is 5.69 Å². The number of nitrogens with zero attached hydrogens (tertiary/aromatic N) is 1. The summed E-state index contributed by atoms with van der Waals surface area (Å²) in [5, 5.41) is 0. The average Bonchev–Trinajstić information content (AvgIpc) is 2.66. The molecule has 0 spiro atoms. The van der Waals surface area contributed by atoms with Gasteiger partial charge in [-0.2, -0.15) is 0 Å². The van der Waals surface area contributed by atoms with Crippen LogP contribution in [0.2, 0.25) is 0 Å². The van der Waals surface area contributed by atoms with E-state index < -0.39 is 23.6 Å². The zero-order valence-electron chi connectivity index (χ0n) is 7.88. The van der Waals surface area contributed by atoms with Crippen LogP contribution in [0.15, 0.2) is 21.9 Å². The quantitative estimate of drug-likeness (QED) is 0.662. The minimum absolute atomic E-state index is 0.443. The summed E-state index contributed by atoms with van der Waals surface area (Å²) in [5.74, 6) is 0. The molecule has 1 N–H and O–H groups in total. The predicted octanol–water partition coefficient (Wildman–Crippen LogP) is -0.587. The number of rotatable bonds is 2. The molecule has 0 unspecified atom stereocenters. The van der Waals surface area contributed by atoms with Gasteiger partial charge in [0.25, 0.3) is 5.56 Å². The van der Waals surface area contributed by atoms with Crippen molar-refractivity contribution in [2.45, 2.75) is 25.2 Å². The summed E-state index contributed by atoms with van der Waals surface area (Å²) in [6.45, 7) is 0. The normalized spacial score (nSPS) is 25.3. The third kappa shape index (κ3) is 1.89. The number of H-pyrrole nitrogens is 1. The van der Waals surface area contributed by atoms with Crippen LogP contribution in [-0.2, 0) is 9.53 Å². The van der Waals surface area contributed by atoms with Crippen molar-refractivity contribution in [3.8, 4) is 0 Å². The number of carbonyl (C=O) groups is 1. The largest absolute Gasteiger partial charge is 0.347 e. The summed E-state index contributed by atoms with van der Waals surface area (Å²) in [6.07, 6.45) is 2.38. The van der Waals surface area contributed by atoms with Gasteiger partial charge in [-0.25, -0.2) is 4.79 Å². The Hall–Kier alpha value is -1.69. The van der Waals surface area contributed by atoms with Crippen molar-refractivity contribution in [1.29, 1.82) is 0 Å². The molecule has 1 aromatic rings. The van der Waals surface area contributed by atoms with Gasteiger partial charge in [0.1, 0.15) is 18.6 Å². The molecule has 6 nitrogen and oxygen atoms in total. The zero-order valence-corrected chi connectivity index (χ0v) is 7.88. The molecule has 0 aliphatic carbocycles. The van der Waals surface area contributed by atoms with E-state index in [2.05, 4.69) is 4.98 Å². The first-order chi connectivity index (χ1) is 7.20. The topological polar surface area (TPSA) is 81.2 Å². The lowest BCUT2D eigenvalue weighted by atomic mass is 10.2. The first kappa shape index (κ1) is 9.85. The Kier molecular flexibility index (Phi) is 2.51. The molecule has 15 heavy (non-hydrogen) atoms. The van der Waals surface area contributed by atoms with E-state index >= 15 is 0 Å². The van der Waals surface area contributed by atoms with E-state index in [9.17, 15) is 14.4 Å². The van der Waals surface area contributed by atoms with E-state index in [1.807, 2.05) is 0 Å². The SMILES string of the molecule is O=C[C@@H]1CC[C@H](n2ccc(=O)[nH]c2=O)O1. The molecule has 2 heterocycles. The number of aromatic nitrogens is 2. The summed E-state index contributed by atoms with van der Waals surface area (Å²) in [5.41, 5.74) is -0.958. The van der Waals surface area contributed by atoms with Gasteiger partial charge < -0.3 is 9.53 Å². The lowest BCUT2D eigenvalue weighted by molar-refractivity contribution is -0.119. The third-order valence-corrected chi connectivity index (χ3v) is 2.34. The molecule has 0 radical (unpaired) electrons. The summed E-state index contributed by atoms with van der Waals surface area (Å²) in [6, 6.07) is 1.25. The van der Waals surface area contributed by atoms with Crippen LogP contribution < -0.4 is 11.2 Å². The van der Waals surface area contributed by atoms with Crippen molar-refractivity contribution in [1.82, 2.24) is 9.55 Å². The first-order valence-corrected chi connectivity index (χ1v) is 4.63. The number of aromatic amines is 1. The van der Waals surface area contributed by atoms with E-state index in [-0.39, 0.29) is 0 Å². The van der Waals surface area contributed by atoms with E-state index in [4.69, 9.17) is 4.74 Å². The molecule has 80 valence electrons. The molecular formula is C9H10N2O4. The van der Waals surface area contributed by atoms with Gasteiger partial charge in [0.05, 0.1) is 0 Å². The van der Waals surface area contributed by atoms with Crippen LogP contribution in [0, 0.1) is 0 Å². The van der Waals surface area contributed by atoms with Gasteiger partial charge in [0.15, 0.2) is 0 Å². The Balaban J connectivity index is 2.28. The minimum Gasteiger partial charge on any atom is -0.347 e. The molecule has 2 rings (SSSR count). The van der Waals surface area contributed by atoms with E-state index in [0.29, 0.717) is 12.8 Å². The number of carbonyl (C=O) groups excluding carboxylic acids is 1. The number of hydrogen-bond donors (Lipinski definition) is 1. The van der Waals surface area contributed by atoms with Crippen LogP contribution in [0.5, 0.6) is 0 Å². The Morgan fingerprint density at radius 3 is 2.87 bits per heavy atom. The molecule has 1 aliphatic heterocycles. The highest BCUT2D eigenvalue weighted by atomic mass is 16.5. The average molecular weight is 210 g/mol. The summed E-state index contributed by atoms with van der Waals surface area (Å²) in [4.78, 5) is 34.8. The highest BCUT2D eigenvalue weighted by molar-refractivity contribution is 5.56. The van der Waals surface area contributed by atoms with Gasteiger partial charge in [0.2, 0.25) is 0 Å². The zero-order chi connectivity index (χ0) is 10.8. The van der Waals surface area contributed by atoms with Crippen molar-refractivity contribution in [2.24, 2.45) is 0 Å². The van der Waals surface area contributed by atoms with Crippen molar-refractivity contribution < 1.29 is 9.53 Å².